The molecule has 4 heteroatoms. The molecule has 1 heterocycles. The molecule has 0 aromatic heterocycles. The first-order valence-corrected chi connectivity index (χ1v) is 7.18. The van der Waals surface area contributed by atoms with Gasteiger partial charge in [-0.2, -0.15) is 0 Å². The maximum absolute atomic E-state index is 12.1. The number of nitrogens with one attached hydrogen (secondary N) is 1. The quantitative estimate of drug-likeness (QED) is 0.734. The molecule has 0 aromatic rings. The molecule has 0 saturated carbocycles. The number of likely N-dealkylation sites (N-methyl/N-ethyl adjacent to an activating group) is 1. The van der Waals surface area contributed by atoms with Gasteiger partial charge in [0.25, 0.3) is 0 Å². The Bertz CT molecular complexity index is 259. The van der Waals surface area contributed by atoms with Gasteiger partial charge in [0.1, 0.15) is 5.54 Å². The van der Waals surface area contributed by atoms with E-state index in [-0.39, 0.29) is 5.97 Å². The van der Waals surface area contributed by atoms with Crippen molar-refractivity contribution in [1.82, 2.24) is 10.2 Å². The molecular formula is C14H28N2O2. The van der Waals surface area contributed by atoms with Crippen LogP contribution in [0.4, 0.5) is 0 Å². The summed E-state index contributed by atoms with van der Waals surface area (Å²) in [5.74, 6) is 0.607. The largest absolute Gasteiger partial charge is 0.465 e. The molecule has 1 fully saturated rings. The molecule has 4 nitrogen and oxygen atoms in total. The summed E-state index contributed by atoms with van der Waals surface area (Å²) < 4.78 is 5.23. The van der Waals surface area contributed by atoms with Gasteiger partial charge in [-0.05, 0) is 32.2 Å². The predicted molar refractivity (Wildman–Crippen MR) is 73.6 cm³/mol. The van der Waals surface area contributed by atoms with Crippen molar-refractivity contribution in [1.29, 1.82) is 0 Å². The normalized spacial score (nSPS) is 20.1. The molecule has 1 N–H and O–H groups in total. The van der Waals surface area contributed by atoms with Crippen molar-refractivity contribution < 1.29 is 9.53 Å². The van der Waals surface area contributed by atoms with Crippen LogP contribution in [0.25, 0.3) is 0 Å². The van der Waals surface area contributed by atoms with Crippen molar-refractivity contribution in [2.45, 2.75) is 46.1 Å². The summed E-state index contributed by atoms with van der Waals surface area (Å²) in [6.45, 7) is 12.7. The minimum atomic E-state index is -0.446. The maximum atomic E-state index is 12.1. The number of likely N-dealkylation sites (tertiary alicyclic amines) is 1. The summed E-state index contributed by atoms with van der Waals surface area (Å²) in [5, 5.41) is 3.36. The zero-order valence-corrected chi connectivity index (χ0v) is 12.3. The Morgan fingerprint density at radius 1 is 1.33 bits per heavy atom. The molecule has 0 unspecified atom stereocenters. The van der Waals surface area contributed by atoms with E-state index in [0.29, 0.717) is 12.5 Å². The van der Waals surface area contributed by atoms with Gasteiger partial charge in [0.2, 0.25) is 0 Å². The zero-order valence-electron chi connectivity index (χ0n) is 12.3. The highest BCUT2D eigenvalue weighted by molar-refractivity contribution is 5.81. The molecular weight excluding hydrogens is 228 g/mol. The van der Waals surface area contributed by atoms with Crippen LogP contribution in [0.5, 0.6) is 0 Å². The van der Waals surface area contributed by atoms with E-state index in [1.54, 1.807) is 0 Å². The van der Waals surface area contributed by atoms with Crippen LogP contribution in [-0.4, -0.2) is 49.2 Å². The summed E-state index contributed by atoms with van der Waals surface area (Å²) in [4.78, 5) is 14.6. The van der Waals surface area contributed by atoms with Crippen molar-refractivity contribution in [3.8, 4) is 0 Å². The van der Waals surface area contributed by atoms with Crippen molar-refractivity contribution in [3.05, 3.63) is 0 Å². The SMILES string of the molecule is CCNC1(C(=O)OCC)CCN(CC(C)C)CC1. The van der Waals surface area contributed by atoms with Gasteiger partial charge in [0.05, 0.1) is 6.61 Å². The van der Waals surface area contributed by atoms with E-state index in [9.17, 15) is 4.79 Å². The van der Waals surface area contributed by atoms with Gasteiger partial charge in [0.15, 0.2) is 0 Å². The summed E-state index contributed by atoms with van der Waals surface area (Å²) in [7, 11) is 0. The summed E-state index contributed by atoms with van der Waals surface area (Å²) in [6, 6.07) is 0. The van der Waals surface area contributed by atoms with E-state index in [2.05, 4.69) is 24.1 Å². The fraction of sp³-hybridized carbons (Fsp3) is 0.929. The van der Waals surface area contributed by atoms with Crippen LogP contribution < -0.4 is 5.32 Å². The Hall–Kier alpha value is -0.610. The molecule has 0 aromatic carbocycles. The minimum Gasteiger partial charge on any atom is -0.465 e. The average Bonchev–Trinajstić information content (AvgIpc) is 2.32. The van der Waals surface area contributed by atoms with Crippen molar-refractivity contribution >= 4 is 5.97 Å². The highest BCUT2D eigenvalue weighted by Crippen LogP contribution is 2.24. The fourth-order valence-corrected chi connectivity index (χ4v) is 2.69. The summed E-state index contributed by atoms with van der Waals surface area (Å²) in [6.07, 6.45) is 1.71. The lowest BCUT2D eigenvalue weighted by Gasteiger charge is -2.40. The highest BCUT2D eigenvalue weighted by atomic mass is 16.5. The molecule has 1 aliphatic heterocycles. The van der Waals surface area contributed by atoms with Crippen LogP contribution >= 0.6 is 0 Å². The van der Waals surface area contributed by atoms with Crippen molar-refractivity contribution in [2.75, 3.05) is 32.8 Å². The van der Waals surface area contributed by atoms with E-state index in [1.165, 1.54) is 0 Å². The van der Waals surface area contributed by atoms with Crippen LogP contribution in [0.1, 0.15) is 40.5 Å². The van der Waals surface area contributed by atoms with E-state index in [4.69, 9.17) is 4.74 Å². The third-order valence-electron chi connectivity index (χ3n) is 3.51. The summed E-state index contributed by atoms with van der Waals surface area (Å²) >= 11 is 0. The topological polar surface area (TPSA) is 41.6 Å². The summed E-state index contributed by atoms with van der Waals surface area (Å²) in [5.41, 5.74) is -0.446. The minimum absolute atomic E-state index is 0.0731. The lowest BCUT2D eigenvalue weighted by molar-refractivity contribution is -0.153. The van der Waals surface area contributed by atoms with Crippen molar-refractivity contribution in [2.24, 2.45) is 5.92 Å². The molecule has 1 rings (SSSR count). The lowest BCUT2D eigenvalue weighted by Crippen LogP contribution is -2.59. The Morgan fingerprint density at radius 2 is 1.94 bits per heavy atom. The second kappa shape index (κ2) is 7.10. The van der Waals surface area contributed by atoms with Crippen LogP contribution in [0.15, 0.2) is 0 Å². The number of esters is 1. The lowest BCUT2D eigenvalue weighted by atomic mass is 9.87. The molecule has 0 amide bonds. The molecule has 0 spiro atoms. The van der Waals surface area contributed by atoms with E-state index >= 15 is 0 Å². The Morgan fingerprint density at radius 3 is 2.39 bits per heavy atom. The maximum Gasteiger partial charge on any atom is 0.326 e. The number of rotatable bonds is 6. The van der Waals surface area contributed by atoms with Crippen LogP contribution in [0.2, 0.25) is 0 Å². The smallest absolute Gasteiger partial charge is 0.326 e. The third kappa shape index (κ3) is 3.95. The van der Waals surface area contributed by atoms with E-state index in [1.807, 2.05) is 13.8 Å². The van der Waals surface area contributed by atoms with Gasteiger partial charge in [-0.25, -0.2) is 0 Å². The monoisotopic (exact) mass is 256 g/mol. The first-order valence-electron chi connectivity index (χ1n) is 7.18. The number of hydrogen-bond acceptors (Lipinski definition) is 4. The number of nitrogens with zero attached hydrogens (tertiary/aromatic N) is 1. The van der Waals surface area contributed by atoms with E-state index in [0.717, 1.165) is 39.0 Å². The average molecular weight is 256 g/mol. The second-order valence-corrected chi connectivity index (χ2v) is 5.53. The first kappa shape index (κ1) is 15.4. The molecule has 106 valence electrons. The van der Waals surface area contributed by atoms with E-state index < -0.39 is 5.54 Å². The van der Waals surface area contributed by atoms with Gasteiger partial charge < -0.3 is 15.0 Å². The fourth-order valence-electron chi connectivity index (χ4n) is 2.69. The second-order valence-electron chi connectivity index (χ2n) is 5.53. The number of carbonyl (C=O) groups is 1. The predicted octanol–water partition coefficient (Wildman–Crippen LogP) is 1.65. The Balaban J connectivity index is 2.59. The van der Waals surface area contributed by atoms with Crippen LogP contribution in [-0.2, 0) is 9.53 Å². The first-order chi connectivity index (χ1) is 8.54. The molecule has 0 radical (unpaired) electrons. The molecule has 0 bridgehead atoms. The standard InChI is InChI=1S/C14H28N2O2/c1-5-15-14(13(17)18-6-2)7-9-16(10-8-14)11-12(3)4/h12,15H,5-11H2,1-4H3. The number of piperidine rings is 1. The Labute approximate surface area is 111 Å². The Kier molecular flexibility index (Phi) is 6.09. The zero-order chi connectivity index (χ0) is 13.6. The number of hydrogen-bond donors (Lipinski definition) is 1. The van der Waals surface area contributed by atoms with Gasteiger partial charge in [0, 0.05) is 19.6 Å². The van der Waals surface area contributed by atoms with Gasteiger partial charge in [-0.15, -0.1) is 0 Å². The molecule has 1 saturated heterocycles. The van der Waals surface area contributed by atoms with Crippen LogP contribution in [0.3, 0.4) is 0 Å². The van der Waals surface area contributed by atoms with Crippen molar-refractivity contribution in [3.63, 3.8) is 0 Å². The molecule has 0 atom stereocenters. The molecule has 18 heavy (non-hydrogen) atoms. The molecule has 0 aliphatic carbocycles. The van der Waals surface area contributed by atoms with Gasteiger partial charge >= 0.3 is 5.97 Å². The highest BCUT2D eigenvalue weighted by Gasteiger charge is 2.41. The molecule has 1 aliphatic rings. The number of ether oxygens (including phenoxy) is 1. The number of carbonyl (C=O) groups excluding carboxylic acids is 1. The third-order valence-corrected chi connectivity index (χ3v) is 3.51. The van der Waals surface area contributed by atoms with Gasteiger partial charge in [-0.1, -0.05) is 20.8 Å². The van der Waals surface area contributed by atoms with Crippen LogP contribution in [0, 0.1) is 5.92 Å². The van der Waals surface area contributed by atoms with Gasteiger partial charge in [-0.3, -0.25) is 4.79 Å².